The molecule has 0 spiro atoms. The van der Waals surface area contributed by atoms with E-state index in [0.29, 0.717) is 5.56 Å². The second-order valence-electron chi connectivity index (χ2n) is 7.57. The van der Waals surface area contributed by atoms with Crippen LogP contribution in [-0.2, 0) is 26.3 Å². The fourth-order valence-electron chi connectivity index (χ4n) is 3.46. The van der Waals surface area contributed by atoms with Gasteiger partial charge in [0.25, 0.3) is 17.0 Å². The molecule has 176 valence electrons. The number of rotatable bonds is 6. The van der Waals surface area contributed by atoms with E-state index in [1.807, 2.05) is 0 Å². The molecule has 4 rings (SSSR count). The van der Waals surface area contributed by atoms with Crippen molar-refractivity contribution in [3.63, 3.8) is 0 Å². The molecule has 0 unspecified atom stereocenters. The first kappa shape index (κ1) is 23.0. The quantitative estimate of drug-likeness (QED) is 0.461. The SMILES string of the molecule is Cn1cccc(C(=O)NCCn2ncc3c(=O)n(Cc4cccc(C(F)(F)F)c4)cnc32)c1=O. The second-order valence-corrected chi connectivity index (χ2v) is 7.57. The average Bonchev–Trinajstić information content (AvgIpc) is 3.21. The lowest BCUT2D eigenvalue weighted by atomic mass is 10.1. The summed E-state index contributed by atoms with van der Waals surface area (Å²) < 4.78 is 42.8. The van der Waals surface area contributed by atoms with Crippen LogP contribution in [0.25, 0.3) is 11.0 Å². The van der Waals surface area contributed by atoms with E-state index in [1.54, 1.807) is 19.3 Å². The van der Waals surface area contributed by atoms with Crippen molar-refractivity contribution in [2.75, 3.05) is 6.54 Å². The van der Waals surface area contributed by atoms with Crippen LogP contribution in [0.15, 0.2) is 64.7 Å². The van der Waals surface area contributed by atoms with Crippen molar-refractivity contribution < 1.29 is 18.0 Å². The number of hydrogen-bond acceptors (Lipinski definition) is 5. The number of alkyl halides is 3. The summed E-state index contributed by atoms with van der Waals surface area (Å²) in [6.45, 7) is 0.230. The molecule has 34 heavy (non-hydrogen) atoms. The number of aryl methyl sites for hydroxylation is 1. The molecule has 0 saturated heterocycles. The number of benzene rings is 1. The molecule has 0 aliphatic heterocycles. The van der Waals surface area contributed by atoms with E-state index in [9.17, 15) is 27.6 Å². The molecular formula is C22H19F3N6O3. The van der Waals surface area contributed by atoms with Gasteiger partial charge in [0.1, 0.15) is 17.3 Å². The largest absolute Gasteiger partial charge is 0.416 e. The van der Waals surface area contributed by atoms with Gasteiger partial charge in [-0.1, -0.05) is 12.1 Å². The van der Waals surface area contributed by atoms with Crippen LogP contribution in [0.1, 0.15) is 21.5 Å². The van der Waals surface area contributed by atoms with Crippen LogP contribution >= 0.6 is 0 Å². The van der Waals surface area contributed by atoms with Gasteiger partial charge in [0.2, 0.25) is 0 Å². The lowest BCUT2D eigenvalue weighted by molar-refractivity contribution is -0.137. The van der Waals surface area contributed by atoms with Crippen LogP contribution in [0.3, 0.4) is 0 Å². The van der Waals surface area contributed by atoms with Gasteiger partial charge in [0.15, 0.2) is 5.65 Å². The van der Waals surface area contributed by atoms with Crippen molar-refractivity contribution in [2.45, 2.75) is 19.3 Å². The van der Waals surface area contributed by atoms with Crippen molar-refractivity contribution >= 4 is 16.9 Å². The Hall–Kier alpha value is -4.22. The number of nitrogens with zero attached hydrogens (tertiary/aromatic N) is 5. The molecule has 0 radical (unpaired) electrons. The standard InChI is InChI=1S/C22H19F3N6O3/c1-29-8-3-6-16(20(29)33)19(32)26-7-9-31-18-17(11-28-31)21(34)30(13-27-18)12-14-4-2-5-15(10-14)22(23,24)25/h2-6,8,10-11,13H,7,9,12H2,1H3,(H,26,32). The summed E-state index contributed by atoms with van der Waals surface area (Å²) in [7, 11) is 1.54. The predicted molar refractivity (Wildman–Crippen MR) is 116 cm³/mol. The Bertz CT molecular complexity index is 1490. The molecule has 0 aliphatic carbocycles. The van der Waals surface area contributed by atoms with E-state index in [0.717, 1.165) is 12.1 Å². The summed E-state index contributed by atoms with van der Waals surface area (Å²) in [5, 5.41) is 6.95. The maximum atomic E-state index is 12.9. The number of carbonyl (C=O) groups is 1. The lowest BCUT2D eigenvalue weighted by Gasteiger charge is -2.10. The number of halogens is 3. The number of aromatic nitrogens is 5. The van der Waals surface area contributed by atoms with Gasteiger partial charge in [0.05, 0.1) is 24.8 Å². The van der Waals surface area contributed by atoms with E-state index in [1.165, 1.54) is 44.5 Å². The minimum Gasteiger partial charge on any atom is -0.350 e. The summed E-state index contributed by atoms with van der Waals surface area (Å²) in [5.74, 6) is -0.533. The summed E-state index contributed by atoms with van der Waals surface area (Å²) in [4.78, 5) is 41.3. The van der Waals surface area contributed by atoms with Crippen molar-refractivity contribution in [1.82, 2.24) is 29.2 Å². The van der Waals surface area contributed by atoms with Crippen LogP contribution < -0.4 is 16.4 Å². The zero-order chi connectivity index (χ0) is 24.5. The Morgan fingerprint density at radius 3 is 2.68 bits per heavy atom. The number of pyridine rings is 1. The molecule has 0 saturated carbocycles. The first-order chi connectivity index (χ1) is 16.1. The average molecular weight is 472 g/mol. The van der Waals surface area contributed by atoms with Gasteiger partial charge < -0.3 is 9.88 Å². The first-order valence-electron chi connectivity index (χ1n) is 10.2. The Balaban J connectivity index is 1.48. The third-order valence-corrected chi connectivity index (χ3v) is 5.21. The van der Waals surface area contributed by atoms with Gasteiger partial charge in [-0.3, -0.25) is 19.0 Å². The molecule has 0 aliphatic rings. The Labute approximate surface area is 190 Å². The maximum Gasteiger partial charge on any atom is 0.416 e. The molecule has 3 aromatic heterocycles. The molecule has 12 heteroatoms. The van der Waals surface area contributed by atoms with Gasteiger partial charge >= 0.3 is 6.18 Å². The molecule has 1 N–H and O–H groups in total. The number of carbonyl (C=O) groups excluding carboxylic acids is 1. The lowest BCUT2D eigenvalue weighted by Crippen LogP contribution is -2.33. The van der Waals surface area contributed by atoms with E-state index in [-0.39, 0.29) is 36.2 Å². The molecule has 4 aromatic rings. The highest BCUT2D eigenvalue weighted by Crippen LogP contribution is 2.29. The number of hydrogen-bond donors (Lipinski definition) is 1. The Kier molecular flexibility index (Phi) is 6.05. The fraction of sp³-hybridized carbons (Fsp3) is 0.227. The van der Waals surface area contributed by atoms with Crippen LogP contribution in [0.4, 0.5) is 13.2 Å². The summed E-state index contributed by atoms with van der Waals surface area (Å²) in [6, 6.07) is 7.75. The van der Waals surface area contributed by atoms with Gasteiger partial charge in [-0.2, -0.15) is 18.3 Å². The topological polar surface area (TPSA) is 104 Å². The summed E-state index contributed by atoms with van der Waals surface area (Å²) in [5.41, 5.74) is -1.09. The number of nitrogens with one attached hydrogen (secondary N) is 1. The highest BCUT2D eigenvalue weighted by molar-refractivity contribution is 5.93. The highest BCUT2D eigenvalue weighted by Gasteiger charge is 2.30. The molecule has 1 amide bonds. The molecule has 3 heterocycles. The molecule has 0 atom stereocenters. The van der Waals surface area contributed by atoms with E-state index in [2.05, 4.69) is 15.4 Å². The molecule has 1 aromatic carbocycles. The van der Waals surface area contributed by atoms with Crippen LogP contribution in [-0.4, -0.2) is 36.4 Å². The molecular weight excluding hydrogens is 453 g/mol. The number of amides is 1. The fourth-order valence-corrected chi connectivity index (χ4v) is 3.46. The Morgan fingerprint density at radius 1 is 1.12 bits per heavy atom. The summed E-state index contributed by atoms with van der Waals surface area (Å²) in [6.07, 6.45) is -0.370. The Morgan fingerprint density at radius 2 is 1.91 bits per heavy atom. The third kappa shape index (κ3) is 4.60. The van der Waals surface area contributed by atoms with E-state index in [4.69, 9.17) is 0 Å². The van der Waals surface area contributed by atoms with Crippen molar-refractivity contribution in [1.29, 1.82) is 0 Å². The highest BCUT2D eigenvalue weighted by atomic mass is 19.4. The smallest absolute Gasteiger partial charge is 0.350 e. The van der Waals surface area contributed by atoms with Crippen molar-refractivity contribution in [3.05, 3.63) is 92.5 Å². The predicted octanol–water partition coefficient (Wildman–Crippen LogP) is 1.79. The van der Waals surface area contributed by atoms with Crippen LogP contribution in [0.5, 0.6) is 0 Å². The monoisotopic (exact) mass is 472 g/mol. The maximum absolute atomic E-state index is 12.9. The van der Waals surface area contributed by atoms with Gasteiger partial charge in [-0.25, -0.2) is 9.67 Å². The zero-order valence-electron chi connectivity index (χ0n) is 17.9. The van der Waals surface area contributed by atoms with E-state index >= 15 is 0 Å². The van der Waals surface area contributed by atoms with Crippen LogP contribution in [0, 0.1) is 0 Å². The number of fused-ring (bicyclic) bond motifs is 1. The van der Waals surface area contributed by atoms with Gasteiger partial charge in [0, 0.05) is 19.8 Å². The summed E-state index contributed by atoms with van der Waals surface area (Å²) >= 11 is 0. The molecule has 0 bridgehead atoms. The molecule has 0 fully saturated rings. The third-order valence-electron chi connectivity index (χ3n) is 5.21. The second kappa shape index (κ2) is 8.96. The minimum atomic E-state index is -4.48. The molecule has 9 nitrogen and oxygen atoms in total. The van der Waals surface area contributed by atoms with E-state index < -0.39 is 28.8 Å². The van der Waals surface area contributed by atoms with Crippen molar-refractivity contribution in [3.8, 4) is 0 Å². The van der Waals surface area contributed by atoms with Crippen molar-refractivity contribution in [2.24, 2.45) is 7.05 Å². The van der Waals surface area contributed by atoms with Gasteiger partial charge in [-0.05, 0) is 29.8 Å². The normalized spacial score (nSPS) is 11.6. The zero-order valence-corrected chi connectivity index (χ0v) is 17.9. The first-order valence-corrected chi connectivity index (χ1v) is 10.2. The van der Waals surface area contributed by atoms with Crippen LogP contribution in [0.2, 0.25) is 0 Å². The minimum absolute atomic E-state index is 0.00549. The van der Waals surface area contributed by atoms with Gasteiger partial charge in [-0.15, -0.1) is 0 Å².